The van der Waals surface area contributed by atoms with E-state index in [1.807, 2.05) is 18.2 Å². The standard InChI is InChI=1S/C17H28ClN3O3/c1-17(2,12-23-4)16(20-21-19)11-13-6-7-14(18)15(10-13)24-9-5-8-22-3/h6-7,10,16H,5,8-9,11-12H2,1-4H3,(H2,19,20). The molecule has 0 heterocycles. The predicted molar refractivity (Wildman–Crippen MR) is 95.6 cm³/mol. The van der Waals surface area contributed by atoms with Gasteiger partial charge in [-0.3, -0.25) is 0 Å². The molecule has 1 aromatic carbocycles. The minimum Gasteiger partial charge on any atom is -0.492 e. The number of hydrogen-bond acceptors (Lipinski definition) is 5. The van der Waals surface area contributed by atoms with E-state index in [9.17, 15) is 0 Å². The maximum atomic E-state index is 6.21. The predicted octanol–water partition coefficient (Wildman–Crippen LogP) is 3.66. The van der Waals surface area contributed by atoms with Crippen molar-refractivity contribution in [2.24, 2.45) is 21.6 Å². The summed E-state index contributed by atoms with van der Waals surface area (Å²) >= 11 is 6.21. The van der Waals surface area contributed by atoms with Gasteiger partial charge in [-0.15, -0.1) is 0 Å². The summed E-state index contributed by atoms with van der Waals surface area (Å²) in [5.41, 5.74) is 0.860. The number of benzene rings is 1. The van der Waals surface area contributed by atoms with Gasteiger partial charge in [0.05, 0.1) is 24.3 Å². The van der Waals surface area contributed by atoms with Crippen LogP contribution in [0.4, 0.5) is 0 Å². The minimum absolute atomic E-state index is 0.107. The third-order valence-corrected chi connectivity index (χ3v) is 4.11. The Labute approximate surface area is 149 Å². The molecule has 0 aromatic heterocycles. The molecule has 1 rings (SSSR count). The molecule has 1 unspecified atom stereocenters. The first kappa shape index (κ1) is 20.7. The molecule has 0 saturated carbocycles. The Hall–Kier alpha value is -1.37. The summed E-state index contributed by atoms with van der Waals surface area (Å²) < 4.78 is 16.0. The van der Waals surface area contributed by atoms with Crippen LogP contribution >= 0.6 is 11.6 Å². The van der Waals surface area contributed by atoms with Gasteiger partial charge in [-0.05, 0) is 24.1 Å². The average Bonchev–Trinajstić information content (AvgIpc) is 2.53. The van der Waals surface area contributed by atoms with E-state index in [0.717, 1.165) is 12.0 Å². The van der Waals surface area contributed by atoms with E-state index in [-0.39, 0.29) is 11.5 Å². The highest BCUT2D eigenvalue weighted by Crippen LogP contribution is 2.30. The molecule has 24 heavy (non-hydrogen) atoms. The Morgan fingerprint density at radius 2 is 1.96 bits per heavy atom. The number of halogens is 1. The SMILES string of the molecule is COCCCOc1cc(CC(N=NN)C(C)(C)COC)ccc1Cl. The highest BCUT2D eigenvalue weighted by atomic mass is 35.5. The molecule has 0 radical (unpaired) electrons. The van der Waals surface area contributed by atoms with Crippen molar-refractivity contribution >= 4 is 11.6 Å². The van der Waals surface area contributed by atoms with Gasteiger partial charge < -0.3 is 20.1 Å². The Balaban J connectivity index is 2.84. The normalized spacial score (nSPS) is 13.4. The van der Waals surface area contributed by atoms with Gasteiger partial charge in [-0.2, -0.15) is 5.11 Å². The topological polar surface area (TPSA) is 78.4 Å². The monoisotopic (exact) mass is 357 g/mol. The van der Waals surface area contributed by atoms with Gasteiger partial charge in [0.15, 0.2) is 0 Å². The third kappa shape index (κ3) is 6.63. The van der Waals surface area contributed by atoms with E-state index >= 15 is 0 Å². The van der Waals surface area contributed by atoms with Gasteiger partial charge in [-0.1, -0.05) is 36.7 Å². The molecule has 1 atom stereocenters. The Bertz CT molecular complexity index is 524. The number of hydrogen-bond donors (Lipinski definition) is 1. The molecule has 1 aromatic rings. The van der Waals surface area contributed by atoms with E-state index in [2.05, 4.69) is 24.2 Å². The first-order valence-electron chi connectivity index (χ1n) is 7.93. The van der Waals surface area contributed by atoms with Crippen molar-refractivity contribution in [2.45, 2.75) is 32.7 Å². The van der Waals surface area contributed by atoms with Crippen LogP contribution in [-0.2, 0) is 15.9 Å². The Morgan fingerprint density at radius 3 is 2.58 bits per heavy atom. The van der Waals surface area contributed by atoms with E-state index < -0.39 is 0 Å². The van der Waals surface area contributed by atoms with Crippen molar-refractivity contribution in [1.82, 2.24) is 0 Å². The lowest BCUT2D eigenvalue weighted by molar-refractivity contribution is 0.0840. The lowest BCUT2D eigenvalue weighted by Gasteiger charge is -2.30. The molecular formula is C17H28ClN3O3. The van der Waals surface area contributed by atoms with Crippen molar-refractivity contribution in [3.05, 3.63) is 28.8 Å². The highest BCUT2D eigenvalue weighted by molar-refractivity contribution is 6.32. The van der Waals surface area contributed by atoms with E-state index in [0.29, 0.717) is 37.0 Å². The lowest BCUT2D eigenvalue weighted by atomic mass is 9.82. The zero-order valence-electron chi connectivity index (χ0n) is 14.9. The first-order chi connectivity index (χ1) is 11.4. The molecular weight excluding hydrogens is 330 g/mol. The average molecular weight is 358 g/mol. The Morgan fingerprint density at radius 1 is 1.21 bits per heavy atom. The highest BCUT2D eigenvalue weighted by Gasteiger charge is 2.30. The molecule has 0 aliphatic rings. The second-order valence-electron chi connectivity index (χ2n) is 6.33. The van der Waals surface area contributed by atoms with E-state index in [1.54, 1.807) is 14.2 Å². The summed E-state index contributed by atoms with van der Waals surface area (Å²) in [6, 6.07) is 5.64. The molecule has 0 spiro atoms. The van der Waals surface area contributed by atoms with Crippen molar-refractivity contribution in [3.63, 3.8) is 0 Å². The molecule has 7 heteroatoms. The first-order valence-corrected chi connectivity index (χ1v) is 8.31. The molecule has 0 aliphatic heterocycles. The zero-order chi connectivity index (χ0) is 18.0. The lowest BCUT2D eigenvalue weighted by Crippen LogP contribution is -2.34. The zero-order valence-corrected chi connectivity index (χ0v) is 15.7. The van der Waals surface area contributed by atoms with Crippen molar-refractivity contribution in [3.8, 4) is 5.75 Å². The third-order valence-electron chi connectivity index (χ3n) is 3.80. The summed E-state index contributed by atoms with van der Waals surface area (Å²) in [6.07, 6.45) is 1.48. The molecule has 0 fully saturated rings. The fourth-order valence-corrected chi connectivity index (χ4v) is 2.59. The van der Waals surface area contributed by atoms with Gasteiger partial charge in [0.25, 0.3) is 0 Å². The number of ether oxygens (including phenoxy) is 3. The Kier molecular flexibility index (Phi) is 9.03. The van der Waals surface area contributed by atoms with Crippen LogP contribution in [0.3, 0.4) is 0 Å². The number of rotatable bonds is 11. The van der Waals surface area contributed by atoms with Crippen LogP contribution in [-0.4, -0.2) is 40.1 Å². The van der Waals surface area contributed by atoms with Gasteiger partial charge in [0, 0.05) is 32.7 Å². The fraction of sp³-hybridized carbons (Fsp3) is 0.647. The van der Waals surface area contributed by atoms with Gasteiger partial charge in [-0.25, -0.2) is 0 Å². The fourth-order valence-electron chi connectivity index (χ4n) is 2.42. The molecule has 0 aliphatic carbocycles. The summed E-state index contributed by atoms with van der Waals surface area (Å²) in [7, 11) is 3.34. The second-order valence-corrected chi connectivity index (χ2v) is 6.74. The van der Waals surface area contributed by atoms with Crippen LogP contribution in [0.25, 0.3) is 0 Å². The molecule has 2 N–H and O–H groups in total. The summed E-state index contributed by atoms with van der Waals surface area (Å²) in [6.45, 7) is 5.92. The van der Waals surface area contributed by atoms with Crippen LogP contribution < -0.4 is 10.6 Å². The van der Waals surface area contributed by atoms with Gasteiger partial charge in [0.2, 0.25) is 0 Å². The molecule has 0 saturated heterocycles. The van der Waals surface area contributed by atoms with E-state index in [1.165, 1.54) is 0 Å². The summed E-state index contributed by atoms with van der Waals surface area (Å²) in [4.78, 5) is 0. The summed E-state index contributed by atoms with van der Waals surface area (Å²) in [5, 5.41) is 8.26. The van der Waals surface area contributed by atoms with Crippen molar-refractivity contribution < 1.29 is 14.2 Å². The minimum atomic E-state index is -0.198. The molecule has 6 nitrogen and oxygen atoms in total. The van der Waals surface area contributed by atoms with Crippen LogP contribution in [0.5, 0.6) is 5.75 Å². The quantitative estimate of drug-likeness (QED) is 0.283. The van der Waals surface area contributed by atoms with Crippen LogP contribution in [0.1, 0.15) is 25.8 Å². The largest absolute Gasteiger partial charge is 0.492 e. The van der Waals surface area contributed by atoms with E-state index in [4.69, 9.17) is 31.7 Å². The summed E-state index contributed by atoms with van der Waals surface area (Å²) in [5.74, 6) is 5.95. The number of nitrogens with zero attached hydrogens (tertiary/aromatic N) is 2. The molecule has 0 amide bonds. The smallest absolute Gasteiger partial charge is 0.138 e. The number of methoxy groups -OCH3 is 2. The van der Waals surface area contributed by atoms with Gasteiger partial charge in [0.1, 0.15) is 5.75 Å². The molecule has 0 bridgehead atoms. The maximum Gasteiger partial charge on any atom is 0.138 e. The molecule has 136 valence electrons. The van der Waals surface area contributed by atoms with Crippen LogP contribution in [0.15, 0.2) is 28.5 Å². The van der Waals surface area contributed by atoms with Gasteiger partial charge >= 0.3 is 0 Å². The maximum absolute atomic E-state index is 6.21. The van der Waals surface area contributed by atoms with Crippen molar-refractivity contribution in [1.29, 1.82) is 0 Å². The second kappa shape index (κ2) is 10.5. The number of nitrogens with two attached hydrogens (primary N) is 1. The van der Waals surface area contributed by atoms with Crippen LogP contribution in [0, 0.1) is 5.41 Å². The van der Waals surface area contributed by atoms with Crippen LogP contribution in [0.2, 0.25) is 5.02 Å². The van der Waals surface area contributed by atoms with Crippen molar-refractivity contribution in [2.75, 3.05) is 34.0 Å².